The number of aromatic nitrogens is 2. The highest BCUT2D eigenvalue weighted by molar-refractivity contribution is 5.78. The van der Waals surface area contributed by atoms with E-state index in [2.05, 4.69) is 69.0 Å². The molecule has 25 heavy (non-hydrogen) atoms. The molecule has 0 aliphatic rings. The zero-order valence-electron chi connectivity index (χ0n) is 15.0. The molecule has 0 fully saturated rings. The van der Waals surface area contributed by atoms with Gasteiger partial charge in [-0.2, -0.15) is 0 Å². The van der Waals surface area contributed by atoms with Crippen LogP contribution < -0.4 is 0 Å². The average molecular weight is 328 g/mol. The second-order valence-electron chi connectivity index (χ2n) is 6.19. The van der Waals surface area contributed by atoms with Crippen molar-refractivity contribution >= 4 is 6.08 Å². The smallest absolute Gasteiger partial charge is 0.0968 e. The van der Waals surface area contributed by atoms with E-state index in [-0.39, 0.29) is 0 Å². The summed E-state index contributed by atoms with van der Waals surface area (Å²) in [6, 6.07) is 17.0. The zero-order chi connectivity index (χ0) is 17.6. The maximum atomic E-state index is 4.92. The van der Waals surface area contributed by atoms with Crippen molar-refractivity contribution in [2.24, 2.45) is 0 Å². The summed E-state index contributed by atoms with van der Waals surface area (Å²) in [7, 11) is 0. The van der Waals surface area contributed by atoms with Gasteiger partial charge in [0.15, 0.2) is 0 Å². The topological polar surface area (TPSA) is 25.8 Å². The fourth-order valence-electron chi connectivity index (χ4n) is 2.89. The van der Waals surface area contributed by atoms with Crippen LogP contribution >= 0.6 is 0 Å². The first-order valence-electron chi connectivity index (χ1n) is 8.93. The molecule has 1 heterocycles. The van der Waals surface area contributed by atoms with Crippen molar-refractivity contribution in [3.63, 3.8) is 0 Å². The lowest BCUT2D eigenvalue weighted by molar-refractivity contribution is 0.874. The summed E-state index contributed by atoms with van der Waals surface area (Å²) in [6.07, 6.45) is 6.81. The largest absolute Gasteiger partial charge is 0.252 e. The van der Waals surface area contributed by atoms with Crippen LogP contribution in [0.2, 0.25) is 0 Å². The normalized spacial score (nSPS) is 10.6. The molecule has 0 unspecified atom stereocenters. The SMILES string of the molecule is C=Cc1ccc(-c2nc(CCC)cnc2-c2ccc(CC)cc2)cc1. The molecule has 0 spiro atoms. The van der Waals surface area contributed by atoms with Crippen molar-refractivity contribution < 1.29 is 0 Å². The minimum atomic E-state index is 0.939. The average Bonchev–Trinajstić information content (AvgIpc) is 2.68. The van der Waals surface area contributed by atoms with Gasteiger partial charge >= 0.3 is 0 Å². The van der Waals surface area contributed by atoms with Crippen molar-refractivity contribution in [2.45, 2.75) is 33.1 Å². The van der Waals surface area contributed by atoms with Crippen LogP contribution in [0.5, 0.6) is 0 Å². The molecule has 0 aliphatic heterocycles. The lowest BCUT2D eigenvalue weighted by Gasteiger charge is -2.11. The molecule has 0 atom stereocenters. The third-order valence-electron chi connectivity index (χ3n) is 4.38. The third kappa shape index (κ3) is 3.85. The number of aryl methyl sites for hydroxylation is 2. The first kappa shape index (κ1) is 17.1. The second-order valence-corrected chi connectivity index (χ2v) is 6.19. The number of hydrogen-bond acceptors (Lipinski definition) is 2. The molecule has 0 saturated heterocycles. The summed E-state index contributed by atoms with van der Waals surface area (Å²) in [5, 5.41) is 0. The summed E-state index contributed by atoms with van der Waals surface area (Å²) in [5.41, 5.74) is 7.56. The number of hydrogen-bond donors (Lipinski definition) is 0. The van der Waals surface area contributed by atoms with Gasteiger partial charge in [-0.05, 0) is 24.0 Å². The standard InChI is InChI=1S/C23H24N2/c1-4-7-21-16-24-22(19-12-8-17(5-2)9-13-19)23(25-21)20-14-10-18(6-3)11-15-20/h6,8-16H,3-5,7H2,1-2H3. The van der Waals surface area contributed by atoms with E-state index in [1.165, 1.54) is 5.56 Å². The van der Waals surface area contributed by atoms with Crippen molar-refractivity contribution in [3.8, 4) is 22.5 Å². The van der Waals surface area contributed by atoms with Crippen LogP contribution in [-0.2, 0) is 12.8 Å². The van der Waals surface area contributed by atoms with E-state index in [1.807, 2.05) is 12.3 Å². The van der Waals surface area contributed by atoms with Gasteiger partial charge < -0.3 is 0 Å². The van der Waals surface area contributed by atoms with Crippen LogP contribution in [0.4, 0.5) is 0 Å². The van der Waals surface area contributed by atoms with Gasteiger partial charge in [-0.3, -0.25) is 4.98 Å². The molecule has 2 aromatic carbocycles. The minimum absolute atomic E-state index is 0.939. The summed E-state index contributed by atoms with van der Waals surface area (Å²) in [4.78, 5) is 9.68. The predicted molar refractivity (Wildman–Crippen MR) is 106 cm³/mol. The molecule has 2 heteroatoms. The maximum Gasteiger partial charge on any atom is 0.0968 e. The second kappa shape index (κ2) is 7.89. The van der Waals surface area contributed by atoms with Gasteiger partial charge in [-0.25, -0.2) is 4.98 Å². The molecule has 0 saturated carbocycles. The summed E-state index contributed by atoms with van der Waals surface area (Å²) in [5.74, 6) is 0. The molecule has 1 aromatic heterocycles. The van der Waals surface area contributed by atoms with Crippen LogP contribution in [0.3, 0.4) is 0 Å². The van der Waals surface area contributed by atoms with Crippen molar-refractivity contribution in [1.29, 1.82) is 0 Å². The van der Waals surface area contributed by atoms with E-state index in [4.69, 9.17) is 9.97 Å². The summed E-state index contributed by atoms with van der Waals surface area (Å²) in [6.45, 7) is 8.16. The first-order valence-corrected chi connectivity index (χ1v) is 8.93. The van der Waals surface area contributed by atoms with Gasteiger partial charge in [0.2, 0.25) is 0 Å². The predicted octanol–water partition coefficient (Wildman–Crippen LogP) is 5.97. The number of benzene rings is 2. The lowest BCUT2D eigenvalue weighted by Crippen LogP contribution is -1.98. The summed E-state index contributed by atoms with van der Waals surface area (Å²) < 4.78 is 0. The van der Waals surface area contributed by atoms with Gasteiger partial charge in [0.25, 0.3) is 0 Å². The van der Waals surface area contributed by atoms with Crippen LogP contribution in [0.1, 0.15) is 37.1 Å². The first-order chi connectivity index (χ1) is 12.2. The van der Waals surface area contributed by atoms with E-state index in [9.17, 15) is 0 Å². The molecule has 3 rings (SSSR count). The van der Waals surface area contributed by atoms with Crippen LogP contribution in [0, 0.1) is 0 Å². The highest BCUT2D eigenvalue weighted by Crippen LogP contribution is 2.29. The Bertz CT molecular complexity index is 846. The Morgan fingerprint density at radius 1 is 0.880 bits per heavy atom. The van der Waals surface area contributed by atoms with Crippen molar-refractivity contribution in [1.82, 2.24) is 9.97 Å². The molecule has 0 radical (unpaired) electrons. The Hall–Kier alpha value is -2.74. The molecular formula is C23H24N2. The Kier molecular flexibility index (Phi) is 5.39. The van der Waals surface area contributed by atoms with Gasteiger partial charge in [0.1, 0.15) is 0 Å². The van der Waals surface area contributed by atoms with Crippen molar-refractivity contribution in [2.75, 3.05) is 0 Å². The molecular weight excluding hydrogens is 304 g/mol. The molecule has 0 bridgehead atoms. The van der Waals surface area contributed by atoms with E-state index in [1.54, 1.807) is 0 Å². The van der Waals surface area contributed by atoms with E-state index < -0.39 is 0 Å². The fraction of sp³-hybridized carbons (Fsp3) is 0.217. The highest BCUT2D eigenvalue weighted by atomic mass is 14.8. The molecule has 126 valence electrons. The van der Waals surface area contributed by atoms with Crippen LogP contribution in [-0.4, -0.2) is 9.97 Å². The fourth-order valence-corrected chi connectivity index (χ4v) is 2.89. The minimum Gasteiger partial charge on any atom is -0.252 e. The van der Waals surface area contributed by atoms with Crippen molar-refractivity contribution in [3.05, 3.63) is 78.1 Å². The molecule has 3 aromatic rings. The maximum absolute atomic E-state index is 4.92. The number of rotatable bonds is 6. The van der Waals surface area contributed by atoms with Gasteiger partial charge in [0.05, 0.1) is 17.1 Å². The quantitative estimate of drug-likeness (QED) is 0.557. The number of nitrogens with zero attached hydrogens (tertiary/aromatic N) is 2. The van der Waals surface area contributed by atoms with Crippen LogP contribution in [0.15, 0.2) is 61.3 Å². The van der Waals surface area contributed by atoms with Gasteiger partial charge in [-0.15, -0.1) is 0 Å². The molecule has 0 aliphatic carbocycles. The Labute approximate surface area is 150 Å². The Morgan fingerprint density at radius 3 is 2.12 bits per heavy atom. The Morgan fingerprint density at radius 2 is 1.52 bits per heavy atom. The third-order valence-corrected chi connectivity index (χ3v) is 4.38. The Balaban J connectivity index is 2.10. The highest BCUT2D eigenvalue weighted by Gasteiger charge is 2.12. The molecule has 0 N–H and O–H groups in total. The molecule has 0 amide bonds. The van der Waals surface area contributed by atoms with E-state index >= 15 is 0 Å². The zero-order valence-corrected chi connectivity index (χ0v) is 15.0. The summed E-state index contributed by atoms with van der Waals surface area (Å²) >= 11 is 0. The lowest BCUT2D eigenvalue weighted by atomic mass is 10.0. The van der Waals surface area contributed by atoms with Gasteiger partial charge in [-0.1, -0.05) is 81.5 Å². The monoisotopic (exact) mass is 328 g/mol. The van der Waals surface area contributed by atoms with E-state index in [0.717, 1.165) is 53.0 Å². The molecule has 2 nitrogen and oxygen atoms in total. The van der Waals surface area contributed by atoms with Gasteiger partial charge in [0, 0.05) is 17.3 Å². The van der Waals surface area contributed by atoms with Crippen LogP contribution in [0.25, 0.3) is 28.6 Å². The van der Waals surface area contributed by atoms with E-state index in [0.29, 0.717) is 0 Å².